The van der Waals surface area contributed by atoms with Gasteiger partial charge in [-0.2, -0.15) is 0 Å². The Morgan fingerprint density at radius 1 is 1.52 bits per heavy atom. The van der Waals surface area contributed by atoms with Gasteiger partial charge in [-0.15, -0.1) is 11.8 Å². The molecule has 0 spiro atoms. The zero-order chi connectivity index (χ0) is 15.3. The summed E-state index contributed by atoms with van der Waals surface area (Å²) in [4.78, 5) is 17.3. The highest BCUT2D eigenvalue weighted by atomic mass is 32.2. The van der Waals surface area contributed by atoms with E-state index in [4.69, 9.17) is 5.73 Å². The fourth-order valence-electron chi connectivity index (χ4n) is 3.32. The van der Waals surface area contributed by atoms with Crippen molar-refractivity contribution in [3.8, 4) is 0 Å². The second kappa shape index (κ2) is 7.27. The standard InChI is InChI=1S/C16H25N3OS/c1-12(2)19-16(15(17)20)8-3-4-13(16)7-11-21-14-5-9-18-10-6-14/h5-6,9-10,12-13,19H,3-4,7-8,11H2,1-2H3,(H2,17,20). The van der Waals surface area contributed by atoms with Gasteiger partial charge in [-0.3, -0.25) is 9.78 Å². The minimum atomic E-state index is -0.507. The molecule has 0 bridgehead atoms. The predicted molar refractivity (Wildman–Crippen MR) is 87.1 cm³/mol. The number of amides is 1. The smallest absolute Gasteiger partial charge is 0.238 e. The molecular weight excluding hydrogens is 282 g/mol. The largest absolute Gasteiger partial charge is 0.368 e. The van der Waals surface area contributed by atoms with Crippen LogP contribution in [0.1, 0.15) is 39.5 Å². The number of hydrogen-bond acceptors (Lipinski definition) is 4. The van der Waals surface area contributed by atoms with Crippen molar-refractivity contribution in [2.75, 3.05) is 5.75 Å². The van der Waals surface area contributed by atoms with Crippen molar-refractivity contribution in [2.45, 2.75) is 56.0 Å². The van der Waals surface area contributed by atoms with E-state index in [1.807, 2.05) is 36.3 Å². The Labute approximate surface area is 131 Å². The van der Waals surface area contributed by atoms with Crippen molar-refractivity contribution in [3.05, 3.63) is 24.5 Å². The molecular formula is C16H25N3OS. The summed E-state index contributed by atoms with van der Waals surface area (Å²) < 4.78 is 0. The number of carbonyl (C=O) groups is 1. The Balaban J connectivity index is 1.95. The molecule has 0 aliphatic heterocycles. The quantitative estimate of drug-likeness (QED) is 0.760. The molecule has 1 aromatic rings. The van der Waals surface area contributed by atoms with Crippen LogP contribution in [0.4, 0.5) is 0 Å². The number of nitrogens with two attached hydrogens (primary N) is 1. The molecule has 0 aromatic carbocycles. The lowest BCUT2D eigenvalue weighted by Crippen LogP contribution is -2.60. The minimum Gasteiger partial charge on any atom is -0.368 e. The summed E-state index contributed by atoms with van der Waals surface area (Å²) in [6.07, 6.45) is 7.66. The van der Waals surface area contributed by atoms with Gasteiger partial charge in [0.15, 0.2) is 0 Å². The van der Waals surface area contributed by atoms with Gasteiger partial charge in [0, 0.05) is 23.3 Å². The SMILES string of the molecule is CC(C)NC1(C(N)=O)CCCC1CCSc1ccncc1. The summed E-state index contributed by atoms with van der Waals surface area (Å²) >= 11 is 1.82. The number of carbonyl (C=O) groups excluding carboxylic acids is 1. The lowest BCUT2D eigenvalue weighted by Gasteiger charge is -2.35. The maximum Gasteiger partial charge on any atom is 0.238 e. The summed E-state index contributed by atoms with van der Waals surface area (Å²) in [7, 11) is 0. The van der Waals surface area contributed by atoms with Gasteiger partial charge in [0.1, 0.15) is 5.54 Å². The average molecular weight is 307 g/mol. The Morgan fingerprint density at radius 2 is 2.24 bits per heavy atom. The molecule has 116 valence electrons. The fraction of sp³-hybridized carbons (Fsp3) is 0.625. The third kappa shape index (κ3) is 3.98. The summed E-state index contributed by atoms with van der Waals surface area (Å²) in [5.74, 6) is 1.16. The lowest BCUT2D eigenvalue weighted by atomic mass is 9.83. The van der Waals surface area contributed by atoms with Crippen LogP contribution in [0.3, 0.4) is 0 Å². The number of nitrogens with zero attached hydrogens (tertiary/aromatic N) is 1. The Morgan fingerprint density at radius 3 is 2.86 bits per heavy atom. The number of pyridine rings is 1. The molecule has 2 rings (SSSR count). The van der Waals surface area contributed by atoms with Crippen molar-refractivity contribution in [2.24, 2.45) is 11.7 Å². The summed E-state index contributed by atoms with van der Waals surface area (Å²) in [6.45, 7) is 4.15. The Kier molecular flexibility index (Phi) is 5.65. The first-order chi connectivity index (χ1) is 10.0. The Hall–Kier alpha value is -1.07. The van der Waals surface area contributed by atoms with Crippen LogP contribution >= 0.6 is 11.8 Å². The van der Waals surface area contributed by atoms with E-state index in [2.05, 4.69) is 24.1 Å². The lowest BCUT2D eigenvalue weighted by molar-refractivity contribution is -0.126. The second-order valence-corrected chi connectivity index (χ2v) is 7.21. The molecule has 4 nitrogen and oxygen atoms in total. The number of nitrogens with one attached hydrogen (secondary N) is 1. The monoisotopic (exact) mass is 307 g/mol. The van der Waals surface area contributed by atoms with Gasteiger partial charge in [0.05, 0.1) is 0 Å². The number of primary amides is 1. The first-order valence-electron chi connectivity index (χ1n) is 7.65. The van der Waals surface area contributed by atoms with Crippen molar-refractivity contribution >= 4 is 17.7 Å². The zero-order valence-electron chi connectivity index (χ0n) is 12.8. The Bertz CT molecular complexity index is 466. The third-order valence-electron chi connectivity index (χ3n) is 4.19. The molecule has 1 heterocycles. The number of hydrogen-bond donors (Lipinski definition) is 2. The molecule has 0 radical (unpaired) electrons. The molecule has 2 unspecified atom stereocenters. The van der Waals surface area contributed by atoms with Crippen molar-refractivity contribution < 1.29 is 4.79 Å². The van der Waals surface area contributed by atoms with E-state index in [0.717, 1.165) is 31.4 Å². The van der Waals surface area contributed by atoms with Crippen LogP contribution in [-0.2, 0) is 4.79 Å². The van der Waals surface area contributed by atoms with E-state index in [9.17, 15) is 4.79 Å². The highest BCUT2D eigenvalue weighted by molar-refractivity contribution is 7.99. The van der Waals surface area contributed by atoms with E-state index in [0.29, 0.717) is 5.92 Å². The van der Waals surface area contributed by atoms with Gasteiger partial charge < -0.3 is 11.1 Å². The van der Waals surface area contributed by atoms with Crippen LogP contribution < -0.4 is 11.1 Å². The van der Waals surface area contributed by atoms with E-state index >= 15 is 0 Å². The maximum absolute atomic E-state index is 12.0. The van der Waals surface area contributed by atoms with E-state index in [-0.39, 0.29) is 11.9 Å². The van der Waals surface area contributed by atoms with Gasteiger partial charge in [0.2, 0.25) is 5.91 Å². The molecule has 0 saturated heterocycles. The molecule has 21 heavy (non-hydrogen) atoms. The molecule has 1 aliphatic rings. The van der Waals surface area contributed by atoms with E-state index in [1.165, 1.54) is 4.90 Å². The third-order valence-corrected chi connectivity index (χ3v) is 5.24. The molecule has 1 amide bonds. The molecule has 2 atom stereocenters. The maximum atomic E-state index is 12.0. The molecule has 1 aromatic heterocycles. The van der Waals surface area contributed by atoms with Crippen LogP contribution in [0.15, 0.2) is 29.4 Å². The van der Waals surface area contributed by atoms with Crippen molar-refractivity contribution in [3.63, 3.8) is 0 Å². The first-order valence-corrected chi connectivity index (χ1v) is 8.63. The zero-order valence-corrected chi connectivity index (χ0v) is 13.7. The van der Waals surface area contributed by atoms with Crippen molar-refractivity contribution in [1.82, 2.24) is 10.3 Å². The summed E-state index contributed by atoms with van der Waals surface area (Å²) in [5, 5.41) is 3.46. The normalized spacial score (nSPS) is 25.4. The molecule has 3 N–H and O–H groups in total. The van der Waals surface area contributed by atoms with Gasteiger partial charge in [-0.1, -0.05) is 6.42 Å². The van der Waals surface area contributed by atoms with Crippen LogP contribution in [0.25, 0.3) is 0 Å². The summed E-state index contributed by atoms with van der Waals surface area (Å²) in [5.41, 5.74) is 5.23. The van der Waals surface area contributed by atoms with Gasteiger partial charge in [-0.05, 0) is 56.9 Å². The number of thioether (sulfide) groups is 1. The van der Waals surface area contributed by atoms with Crippen molar-refractivity contribution in [1.29, 1.82) is 0 Å². The topological polar surface area (TPSA) is 68.0 Å². The van der Waals surface area contributed by atoms with Crippen LogP contribution in [0.5, 0.6) is 0 Å². The average Bonchev–Trinajstić information content (AvgIpc) is 2.83. The van der Waals surface area contributed by atoms with Crippen LogP contribution in [0.2, 0.25) is 0 Å². The first kappa shape index (κ1) is 16.3. The molecule has 1 aliphatic carbocycles. The number of aromatic nitrogens is 1. The van der Waals surface area contributed by atoms with E-state index < -0.39 is 5.54 Å². The predicted octanol–water partition coefficient (Wildman–Crippen LogP) is 2.59. The van der Waals surface area contributed by atoms with Gasteiger partial charge in [-0.25, -0.2) is 0 Å². The van der Waals surface area contributed by atoms with Crippen LogP contribution in [0, 0.1) is 5.92 Å². The van der Waals surface area contributed by atoms with Gasteiger partial charge in [0.25, 0.3) is 0 Å². The molecule has 1 fully saturated rings. The highest BCUT2D eigenvalue weighted by Crippen LogP contribution is 2.39. The fourth-order valence-corrected chi connectivity index (χ4v) is 4.27. The second-order valence-electron chi connectivity index (χ2n) is 6.04. The number of rotatable bonds is 7. The summed E-state index contributed by atoms with van der Waals surface area (Å²) in [6, 6.07) is 4.31. The minimum absolute atomic E-state index is 0.187. The van der Waals surface area contributed by atoms with Gasteiger partial charge >= 0.3 is 0 Å². The van der Waals surface area contributed by atoms with E-state index in [1.54, 1.807) is 0 Å². The molecule has 5 heteroatoms. The van der Waals surface area contributed by atoms with Crippen LogP contribution in [-0.4, -0.2) is 28.2 Å². The highest BCUT2D eigenvalue weighted by Gasteiger charge is 2.47. The molecule has 1 saturated carbocycles.